The quantitative estimate of drug-likeness (QED) is 0.254. The number of aromatic nitrogens is 5. The fraction of sp³-hybridized carbons (Fsp3) is 0.160. The molecule has 194 valence electrons. The number of hydrogen-bond acceptors (Lipinski definition) is 8. The Labute approximate surface area is 218 Å². The number of oxazole rings is 1. The van der Waals surface area contributed by atoms with Crippen LogP contribution in [-0.4, -0.2) is 37.2 Å². The lowest BCUT2D eigenvalue weighted by molar-refractivity contribution is -0.137. The van der Waals surface area contributed by atoms with Crippen LogP contribution >= 0.6 is 11.8 Å². The van der Waals surface area contributed by atoms with Gasteiger partial charge in [0.05, 0.1) is 23.3 Å². The van der Waals surface area contributed by atoms with E-state index in [1.807, 2.05) is 18.2 Å². The first-order valence-electron chi connectivity index (χ1n) is 11.3. The van der Waals surface area contributed by atoms with E-state index < -0.39 is 17.6 Å². The van der Waals surface area contributed by atoms with Gasteiger partial charge in [0.15, 0.2) is 16.6 Å². The van der Waals surface area contributed by atoms with Crippen LogP contribution in [-0.2, 0) is 18.3 Å². The molecule has 9 nitrogen and oxygen atoms in total. The SMILES string of the molecule is O=C(NCCc1ccccn1)c1coc(CSc2nnc(-c3ccco3)n2-c2cccc(C(F)(F)F)c2)n1. The molecule has 0 atom stereocenters. The maximum absolute atomic E-state index is 13.4. The molecular formula is C25H19F3N6O3S. The zero-order valence-electron chi connectivity index (χ0n) is 19.6. The Hall–Kier alpha value is -4.39. The lowest BCUT2D eigenvalue weighted by Gasteiger charge is -2.12. The highest BCUT2D eigenvalue weighted by atomic mass is 32.2. The molecule has 1 N–H and O–H groups in total. The summed E-state index contributed by atoms with van der Waals surface area (Å²) >= 11 is 1.14. The third kappa shape index (κ3) is 5.78. The number of alkyl halides is 3. The second-order valence-electron chi connectivity index (χ2n) is 7.91. The molecule has 0 fully saturated rings. The molecule has 1 amide bonds. The summed E-state index contributed by atoms with van der Waals surface area (Å²) in [5.41, 5.74) is 0.358. The molecule has 13 heteroatoms. The monoisotopic (exact) mass is 540 g/mol. The van der Waals surface area contributed by atoms with Crippen molar-refractivity contribution in [2.24, 2.45) is 0 Å². The molecule has 0 aliphatic heterocycles. The number of furan rings is 1. The highest BCUT2D eigenvalue weighted by molar-refractivity contribution is 7.98. The van der Waals surface area contributed by atoms with Crippen molar-refractivity contribution in [2.75, 3.05) is 6.54 Å². The van der Waals surface area contributed by atoms with Crippen LogP contribution in [0.4, 0.5) is 13.2 Å². The van der Waals surface area contributed by atoms with E-state index in [1.165, 1.54) is 29.2 Å². The van der Waals surface area contributed by atoms with Gasteiger partial charge in [-0.05, 0) is 42.5 Å². The maximum atomic E-state index is 13.4. The molecule has 0 spiro atoms. The maximum Gasteiger partial charge on any atom is 0.416 e. The number of nitrogens with zero attached hydrogens (tertiary/aromatic N) is 5. The van der Waals surface area contributed by atoms with Gasteiger partial charge in [-0.1, -0.05) is 23.9 Å². The van der Waals surface area contributed by atoms with Gasteiger partial charge in [-0.25, -0.2) is 4.98 Å². The first kappa shape index (κ1) is 25.3. The number of hydrogen-bond donors (Lipinski definition) is 1. The van der Waals surface area contributed by atoms with Crippen LogP contribution in [0.25, 0.3) is 17.3 Å². The van der Waals surface area contributed by atoms with Crippen LogP contribution in [0.2, 0.25) is 0 Å². The Morgan fingerprint density at radius 3 is 2.71 bits per heavy atom. The van der Waals surface area contributed by atoms with E-state index in [4.69, 9.17) is 8.83 Å². The molecule has 5 rings (SSSR count). The van der Waals surface area contributed by atoms with Gasteiger partial charge in [0.1, 0.15) is 6.26 Å². The number of nitrogens with one attached hydrogen (secondary N) is 1. The second-order valence-corrected chi connectivity index (χ2v) is 8.85. The molecular weight excluding hydrogens is 521 g/mol. The molecule has 0 unspecified atom stereocenters. The zero-order chi connectivity index (χ0) is 26.5. The number of thioether (sulfide) groups is 1. The van der Waals surface area contributed by atoms with E-state index in [2.05, 4.69) is 25.5 Å². The van der Waals surface area contributed by atoms with Crippen molar-refractivity contribution < 1.29 is 26.8 Å². The molecule has 0 bridgehead atoms. The normalized spacial score (nSPS) is 11.6. The Bertz CT molecular complexity index is 1520. The third-order valence-electron chi connectivity index (χ3n) is 5.31. The summed E-state index contributed by atoms with van der Waals surface area (Å²) in [5, 5.41) is 11.3. The van der Waals surface area contributed by atoms with Crippen molar-refractivity contribution in [1.82, 2.24) is 30.0 Å². The Morgan fingerprint density at radius 1 is 1.05 bits per heavy atom. The van der Waals surface area contributed by atoms with E-state index in [-0.39, 0.29) is 34.0 Å². The van der Waals surface area contributed by atoms with Crippen molar-refractivity contribution in [3.05, 3.63) is 96.2 Å². The van der Waals surface area contributed by atoms with Crippen LogP contribution in [0.3, 0.4) is 0 Å². The number of pyridine rings is 1. The number of rotatable bonds is 9. The molecule has 0 aliphatic rings. The average Bonchev–Trinajstić information content (AvgIpc) is 3.68. The van der Waals surface area contributed by atoms with Crippen LogP contribution in [0.1, 0.15) is 27.6 Å². The van der Waals surface area contributed by atoms with Crippen LogP contribution in [0.5, 0.6) is 0 Å². The van der Waals surface area contributed by atoms with Crippen molar-refractivity contribution in [1.29, 1.82) is 0 Å². The fourth-order valence-corrected chi connectivity index (χ4v) is 4.34. The summed E-state index contributed by atoms with van der Waals surface area (Å²) in [4.78, 5) is 20.8. The van der Waals surface area contributed by atoms with E-state index in [1.54, 1.807) is 18.3 Å². The average molecular weight is 541 g/mol. The Balaban J connectivity index is 1.30. The first-order valence-corrected chi connectivity index (χ1v) is 12.3. The van der Waals surface area contributed by atoms with Gasteiger partial charge in [0.2, 0.25) is 11.7 Å². The van der Waals surface area contributed by atoms with Gasteiger partial charge < -0.3 is 14.2 Å². The number of carbonyl (C=O) groups excluding carboxylic acids is 1. The molecule has 5 aromatic rings. The fourth-order valence-electron chi connectivity index (χ4n) is 3.53. The van der Waals surface area contributed by atoms with Gasteiger partial charge in [-0.15, -0.1) is 10.2 Å². The number of carbonyl (C=O) groups is 1. The molecule has 0 aliphatic carbocycles. The van der Waals surface area contributed by atoms with E-state index in [9.17, 15) is 18.0 Å². The van der Waals surface area contributed by atoms with E-state index >= 15 is 0 Å². The lowest BCUT2D eigenvalue weighted by atomic mass is 10.2. The molecule has 0 radical (unpaired) electrons. The zero-order valence-corrected chi connectivity index (χ0v) is 20.4. The standard InChI is InChI=1S/C25H19F3N6O3S/c26-25(27,28)16-5-3-7-18(13-16)34-22(20-8-4-12-36-20)32-33-24(34)38-15-21-31-19(14-37-21)23(35)30-11-9-17-6-1-2-10-29-17/h1-8,10,12-14H,9,11,15H2,(H,30,35). The van der Waals surface area contributed by atoms with Crippen molar-refractivity contribution in [3.63, 3.8) is 0 Å². The molecule has 0 saturated carbocycles. The number of halogens is 3. The molecule has 4 heterocycles. The Kier molecular flexibility index (Phi) is 7.26. The van der Waals surface area contributed by atoms with E-state index in [0.29, 0.717) is 18.7 Å². The van der Waals surface area contributed by atoms with Gasteiger partial charge >= 0.3 is 6.18 Å². The summed E-state index contributed by atoms with van der Waals surface area (Å²) in [6.45, 7) is 0.377. The van der Waals surface area contributed by atoms with Gasteiger partial charge in [-0.3, -0.25) is 14.3 Å². The predicted molar refractivity (Wildman–Crippen MR) is 130 cm³/mol. The minimum atomic E-state index is -4.52. The highest BCUT2D eigenvalue weighted by Crippen LogP contribution is 2.34. The molecule has 0 saturated heterocycles. The van der Waals surface area contributed by atoms with Crippen molar-refractivity contribution in [2.45, 2.75) is 23.5 Å². The number of amides is 1. The summed E-state index contributed by atoms with van der Waals surface area (Å²) < 4.78 is 52.4. The second kappa shape index (κ2) is 10.9. The highest BCUT2D eigenvalue weighted by Gasteiger charge is 2.31. The molecule has 4 aromatic heterocycles. The summed E-state index contributed by atoms with van der Waals surface area (Å²) in [6, 6.07) is 13.7. The minimum absolute atomic E-state index is 0.109. The molecule has 38 heavy (non-hydrogen) atoms. The van der Waals surface area contributed by atoms with Gasteiger partial charge in [0.25, 0.3) is 5.91 Å². The van der Waals surface area contributed by atoms with Gasteiger partial charge in [0, 0.05) is 24.9 Å². The van der Waals surface area contributed by atoms with Crippen LogP contribution in [0, 0.1) is 0 Å². The summed E-state index contributed by atoms with van der Waals surface area (Å²) in [5.74, 6) is 0.562. The van der Waals surface area contributed by atoms with E-state index in [0.717, 1.165) is 29.6 Å². The smallest absolute Gasteiger partial charge is 0.416 e. The predicted octanol–water partition coefficient (Wildman–Crippen LogP) is 5.19. The minimum Gasteiger partial charge on any atom is -0.461 e. The van der Waals surface area contributed by atoms with Crippen LogP contribution < -0.4 is 5.32 Å². The molecule has 1 aromatic carbocycles. The Morgan fingerprint density at radius 2 is 1.95 bits per heavy atom. The van der Waals surface area contributed by atoms with Gasteiger partial charge in [-0.2, -0.15) is 13.2 Å². The van der Waals surface area contributed by atoms with Crippen LogP contribution in [0.15, 0.2) is 87.3 Å². The first-order chi connectivity index (χ1) is 18.4. The van der Waals surface area contributed by atoms with Crippen molar-refractivity contribution >= 4 is 17.7 Å². The largest absolute Gasteiger partial charge is 0.461 e. The summed E-state index contributed by atoms with van der Waals surface area (Å²) in [6.07, 6.45) is 0.413. The summed E-state index contributed by atoms with van der Waals surface area (Å²) in [7, 11) is 0. The lowest BCUT2D eigenvalue weighted by Crippen LogP contribution is -2.26. The third-order valence-corrected chi connectivity index (χ3v) is 6.22. The van der Waals surface area contributed by atoms with Crippen molar-refractivity contribution in [3.8, 4) is 17.3 Å². The number of benzene rings is 1. The topological polar surface area (TPSA) is 112 Å².